The first-order valence-electron chi connectivity index (χ1n) is 11.6. The Morgan fingerprint density at radius 2 is 1.93 bits per heavy atom. The van der Waals surface area contributed by atoms with Gasteiger partial charge in [-0.1, -0.05) is 38.3 Å². The molecule has 2 N–H and O–H groups in total. The molecule has 2 saturated carbocycles. The molecule has 3 unspecified atom stereocenters. The van der Waals surface area contributed by atoms with E-state index in [2.05, 4.69) is 39.1 Å². The molecule has 3 aliphatic rings. The molecule has 3 rings (SSSR count). The van der Waals surface area contributed by atoms with Crippen molar-refractivity contribution in [1.82, 2.24) is 5.32 Å². The van der Waals surface area contributed by atoms with Crippen molar-refractivity contribution < 1.29 is 24.1 Å². The number of alkyl carbamates (subject to hydrolysis) is 1. The Bertz CT molecular complexity index is 630. The molecule has 1 heterocycles. The molecular formula is C24H41NO5. The van der Waals surface area contributed by atoms with E-state index < -0.39 is 11.6 Å². The van der Waals surface area contributed by atoms with Gasteiger partial charge in [-0.2, -0.15) is 0 Å². The number of aliphatic hydroxyl groups is 1. The van der Waals surface area contributed by atoms with Gasteiger partial charge < -0.3 is 24.6 Å². The topological polar surface area (TPSA) is 80.3 Å². The molecule has 3 fully saturated rings. The lowest BCUT2D eigenvalue weighted by molar-refractivity contribution is -0.134. The molecule has 0 radical (unpaired) electrons. The largest absolute Gasteiger partial charge is 0.443 e. The van der Waals surface area contributed by atoms with Crippen LogP contribution in [-0.2, 0) is 14.2 Å². The minimum absolute atomic E-state index is 0.0145. The van der Waals surface area contributed by atoms with E-state index >= 15 is 0 Å². The highest BCUT2D eigenvalue weighted by Gasteiger charge is 2.63. The summed E-state index contributed by atoms with van der Waals surface area (Å²) >= 11 is 0. The third kappa shape index (κ3) is 5.03. The molecule has 1 saturated heterocycles. The standard InChI is InChI=1S/C24H41NO5/c1-17(2)9-8-11-22(3,4)20-19(28-5)18(10-14-24(20)16-29-24)30-21(27)25-23(15-26)12-6-7-13-23/h9,18-20,26H,6-8,10-16H2,1-5H3,(H,25,27)/t18?,19?,20?,24-/m0/s1. The van der Waals surface area contributed by atoms with E-state index in [1.807, 2.05) is 0 Å². The Morgan fingerprint density at radius 3 is 2.47 bits per heavy atom. The quantitative estimate of drug-likeness (QED) is 0.448. The van der Waals surface area contributed by atoms with Gasteiger partial charge in [-0.15, -0.1) is 0 Å². The third-order valence-electron chi connectivity index (χ3n) is 7.57. The van der Waals surface area contributed by atoms with E-state index in [1.165, 1.54) is 5.57 Å². The SMILES string of the molecule is COC1C(OC(=O)NC2(CO)CCCC2)CC[C@]2(CO2)C1C(C)(C)CCC=C(C)C. The molecule has 0 aromatic rings. The molecule has 1 amide bonds. The number of allylic oxidation sites excluding steroid dienone is 2. The zero-order valence-electron chi connectivity index (χ0n) is 19.5. The van der Waals surface area contributed by atoms with E-state index in [-0.39, 0.29) is 35.7 Å². The number of hydrogen-bond acceptors (Lipinski definition) is 5. The minimum Gasteiger partial charge on any atom is -0.443 e. The van der Waals surface area contributed by atoms with Gasteiger partial charge >= 0.3 is 6.09 Å². The van der Waals surface area contributed by atoms with Crippen LogP contribution in [-0.4, -0.2) is 54.9 Å². The summed E-state index contributed by atoms with van der Waals surface area (Å²) in [5, 5.41) is 12.8. The highest BCUT2D eigenvalue weighted by atomic mass is 16.6. The van der Waals surface area contributed by atoms with Gasteiger partial charge in [-0.25, -0.2) is 4.79 Å². The highest BCUT2D eigenvalue weighted by molar-refractivity contribution is 5.68. The van der Waals surface area contributed by atoms with Crippen molar-refractivity contribution in [3.05, 3.63) is 11.6 Å². The van der Waals surface area contributed by atoms with Gasteiger partial charge in [0.05, 0.1) is 24.4 Å². The monoisotopic (exact) mass is 423 g/mol. The van der Waals surface area contributed by atoms with Crippen LogP contribution in [0.15, 0.2) is 11.6 Å². The summed E-state index contributed by atoms with van der Waals surface area (Å²) in [6, 6.07) is 0. The second-order valence-corrected chi connectivity index (χ2v) is 10.6. The lowest BCUT2D eigenvalue weighted by atomic mass is 9.61. The van der Waals surface area contributed by atoms with Crippen LogP contribution in [0.3, 0.4) is 0 Å². The Hall–Kier alpha value is -1.11. The molecular weight excluding hydrogens is 382 g/mol. The Kier molecular flexibility index (Phi) is 7.20. The van der Waals surface area contributed by atoms with Crippen LogP contribution in [0.5, 0.6) is 0 Å². The normalized spacial score (nSPS) is 32.7. The van der Waals surface area contributed by atoms with E-state index in [9.17, 15) is 9.90 Å². The summed E-state index contributed by atoms with van der Waals surface area (Å²) < 4.78 is 17.9. The second kappa shape index (κ2) is 9.17. The van der Waals surface area contributed by atoms with E-state index in [0.717, 1.165) is 58.0 Å². The van der Waals surface area contributed by atoms with Crippen molar-refractivity contribution >= 4 is 6.09 Å². The van der Waals surface area contributed by atoms with Crippen molar-refractivity contribution in [1.29, 1.82) is 0 Å². The van der Waals surface area contributed by atoms with Crippen LogP contribution in [0.25, 0.3) is 0 Å². The molecule has 0 bridgehead atoms. The molecule has 4 atom stereocenters. The highest BCUT2D eigenvalue weighted by Crippen LogP contribution is 2.55. The number of carbonyl (C=O) groups excluding carboxylic acids is 1. The van der Waals surface area contributed by atoms with Gasteiger partial charge in [-0.05, 0) is 57.8 Å². The summed E-state index contributed by atoms with van der Waals surface area (Å²) in [6.07, 6.45) is 8.63. The van der Waals surface area contributed by atoms with Crippen molar-refractivity contribution in [3.63, 3.8) is 0 Å². The maximum atomic E-state index is 12.7. The first-order valence-corrected chi connectivity index (χ1v) is 11.6. The number of methoxy groups -OCH3 is 1. The average Bonchev–Trinajstić information content (AvgIpc) is 3.29. The Balaban J connectivity index is 1.70. The van der Waals surface area contributed by atoms with Crippen LogP contribution in [0, 0.1) is 11.3 Å². The first-order chi connectivity index (χ1) is 14.2. The maximum absolute atomic E-state index is 12.7. The smallest absolute Gasteiger partial charge is 0.408 e. The molecule has 1 aliphatic heterocycles. The fourth-order valence-corrected chi connectivity index (χ4v) is 5.85. The summed E-state index contributed by atoms with van der Waals surface area (Å²) in [5.41, 5.74) is 0.638. The van der Waals surface area contributed by atoms with Crippen molar-refractivity contribution in [2.45, 2.75) is 102 Å². The number of ether oxygens (including phenoxy) is 3. The second-order valence-electron chi connectivity index (χ2n) is 10.6. The predicted molar refractivity (Wildman–Crippen MR) is 116 cm³/mol. The zero-order chi connectivity index (χ0) is 22.0. The molecule has 6 nitrogen and oxygen atoms in total. The number of rotatable bonds is 8. The summed E-state index contributed by atoms with van der Waals surface area (Å²) in [4.78, 5) is 12.7. The lowest BCUT2D eigenvalue weighted by Crippen LogP contribution is -2.57. The van der Waals surface area contributed by atoms with Crippen molar-refractivity contribution in [2.75, 3.05) is 20.3 Å². The fourth-order valence-electron chi connectivity index (χ4n) is 5.85. The van der Waals surface area contributed by atoms with Gasteiger partial charge in [0, 0.05) is 13.0 Å². The van der Waals surface area contributed by atoms with Crippen LogP contribution < -0.4 is 5.32 Å². The van der Waals surface area contributed by atoms with E-state index in [1.54, 1.807) is 7.11 Å². The molecule has 172 valence electrons. The summed E-state index contributed by atoms with van der Waals surface area (Å²) in [7, 11) is 1.71. The molecule has 1 spiro atoms. The van der Waals surface area contributed by atoms with Gasteiger partial charge in [0.1, 0.15) is 12.2 Å². The third-order valence-corrected chi connectivity index (χ3v) is 7.57. The fraction of sp³-hybridized carbons (Fsp3) is 0.875. The van der Waals surface area contributed by atoms with Crippen LogP contribution in [0.2, 0.25) is 0 Å². The van der Waals surface area contributed by atoms with Crippen LogP contribution in [0.1, 0.15) is 79.1 Å². The summed E-state index contributed by atoms with van der Waals surface area (Å²) in [6.45, 7) is 9.54. The van der Waals surface area contributed by atoms with Gasteiger partial charge in [0.15, 0.2) is 0 Å². The van der Waals surface area contributed by atoms with Gasteiger partial charge in [0.2, 0.25) is 0 Å². The number of hydrogen-bond donors (Lipinski definition) is 2. The van der Waals surface area contributed by atoms with E-state index in [4.69, 9.17) is 14.2 Å². The van der Waals surface area contributed by atoms with Crippen molar-refractivity contribution in [3.8, 4) is 0 Å². The molecule has 0 aromatic heterocycles. The van der Waals surface area contributed by atoms with Crippen molar-refractivity contribution in [2.24, 2.45) is 11.3 Å². The molecule has 30 heavy (non-hydrogen) atoms. The lowest BCUT2D eigenvalue weighted by Gasteiger charge is -2.48. The first kappa shape index (κ1) is 23.6. The summed E-state index contributed by atoms with van der Waals surface area (Å²) in [5.74, 6) is 0.158. The number of carbonyl (C=O) groups is 1. The maximum Gasteiger partial charge on any atom is 0.408 e. The molecule has 6 heteroatoms. The number of epoxide rings is 1. The Morgan fingerprint density at radius 1 is 1.27 bits per heavy atom. The molecule has 0 aromatic carbocycles. The Labute approximate surface area is 181 Å². The van der Waals surface area contributed by atoms with E-state index in [0.29, 0.717) is 0 Å². The van der Waals surface area contributed by atoms with Crippen LogP contribution >= 0.6 is 0 Å². The molecule has 2 aliphatic carbocycles. The number of amides is 1. The number of nitrogens with one attached hydrogen (secondary N) is 1. The zero-order valence-corrected chi connectivity index (χ0v) is 19.5. The van der Waals surface area contributed by atoms with Gasteiger partial charge in [0.25, 0.3) is 0 Å². The predicted octanol–water partition coefficient (Wildman–Crippen LogP) is 4.35. The van der Waals surface area contributed by atoms with Gasteiger partial charge in [-0.3, -0.25) is 0 Å². The average molecular weight is 424 g/mol. The van der Waals surface area contributed by atoms with Crippen LogP contribution in [0.4, 0.5) is 4.79 Å². The minimum atomic E-state index is -0.530. The number of aliphatic hydroxyl groups excluding tert-OH is 1.